The van der Waals surface area contributed by atoms with Crippen LogP contribution in [0.1, 0.15) is 5.56 Å². The largest absolute Gasteiger partial charge is 0.493 e. The van der Waals surface area contributed by atoms with Crippen molar-refractivity contribution < 1.29 is 31.1 Å². The first-order valence-electron chi connectivity index (χ1n) is 8.98. The van der Waals surface area contributed by atoms with Gasteiger partial charge in [0, 0.05) is 18.8 Å². The van der Waals surface area contributed by atoms with Crippen molar-refractivity contribution in [2.75, 3.05) is 40.2 Å². The Morgan fingerprint density at radius 2 is 1.58 bits per heavy atom. The number of methoxy groups -OCH3 is 2. The van der Waals surface area contributed by atoms with Crippen LogP contribution in [0.5, 0.6) is 11.5 Å². The van der Waals surface area contributed by atoms with Crippen molar-refractivity contribution in [1.82, 2.24) is 9.03 Å². The third kappa shape index (κ3) is 5.53. The normalized spacial score (nSPS) is 11.9. The lowest BCUT2D eigenvalue weighted by Crippen LogP contribution is -2.35. The highest BCUT2D eigenvalue weighted by atomic mass is 32.2. The zero-order valence-corrected chi connectivity index (χ0v) is 19.4. The first-order chi connectivity index (χ1) is 14.5. The van der Waals surface area contributed by atoms with E-state index in [4.69, 9.17) is 9.47 Å². The molecule has 0 aliphatic heterocycles. The van der Waals surface area contributed by atoms with E-state index in [1.165, 1.54) is 58.6 Å². The first-order valence-corrected chi connectivity index (χ1v) is 11.9. The summed E-state index contributed by atoms with van der Waals surface area (Å²) in [6, 6.07) is 8.37. The van der Waals surface area contributed by atoms with Crippen LogP contribution in [0.15, 0.2) is 46.2 Å². The summed E-state index contributed by atoms with van der Waals surface area (Å²) >= 11 is 0. The Morgan fingerprint density at radius 1 is 0.968 bits per heavy atom. The summed E-state index contributed by atoms with van der Waals surface area (Å²) in [5.41, 5.74) is 0.882. The van der Waals surface area contributed by atoms with Gasteiger partial charge in [-0.25, -0.2) is 21.6 Å². The number of aryl methyl sites for hydroxylation is 1. The molecule has 0 radical (unpaired) electrons. The molecule has 0 saturated carbocycles. The molecule has 0 heterocycles. The molecule has 170 valence electrons. The van der Waals surface area contributed by atoms with Crippen molar-refractivity contribution in [3.8, 4) is 11.5 Å². The topological polar surface area (TPSA) is 131 Å². The summed E-state index contributed by atoms with van der Waals surface area (Å²) in [4.78, 5) is 12.4. The highest BCUT2D eigenvalue weighted by Gasteiger charge is 2.25. The number of amides is 1. The summed E-state index contributed by atoms with van der Waals surface area (Å²) in [7, 11) is -2.34. The van der Waals surface area contributed by atoms with Crippen LogP contribution in [0.3, 0.4) is 0 Å². The van der Waals surface area contributed by atoms with Crippen LogP contribution >= 0.6 is 0 Å². The molecule has 0 aliphatic carbocycles. The van der Waals surface area contributed by atoms with Crippen LogP contribution in [-0.4, -0.2) is 61.9 Å². The van der Waals surface area contributed by atoms with E-state index in [2.05, 4.69) is 10.0 Å². The molecule has 0 atom stereocenters. The third-order valence-corrected chi connectivity index (χ3v) is 7.70. The van der Waals surface area contributed by atoms with Crippen molar-refractivity contribution >= 4 is 31.6 Å². The summed E-state index contributed by atoms with van der Waals surface area (Å²) in [6.07, 6.45) is 0. The van der Waals surface area contributed by atoms with Crippen LogP contribution in [-0.2, 0) is 24.8 Å². The molecule has 12 heteroatoms. The molecule has 2 N–H and O–H groups in total. The predicted molar refractivity (Wildman–Crippen MR) is 115 cm³/mol. The fourth-order valence-corrected chi connectivity index (χ4v) is 4.55. The number of likely N-dealkylation sites (N-methyl/N-ethyl adjacent to an activating group) is 1. The highest BCUT2D eigenvalue weighted by molar-refractivity contribution is 7.89. The van der Waals surface area contributed by atoms with E-state index in [9.17, 15) is 21.6 Å². The molecular weight excluding hydrogens is 446 g/mol. The number of carbonyl (C=O) groups excluding carboxylic acids is 1. The zero-order chi connectivity index (χ0) is 23.4. The van der Waals surface area contributed by atoms with Crippen molar-refractivity contribution in [2.24, 2.45) is 0 Å². The molecule has 2 rings (SSSR count). The van der Waals surface area contributed by atoms with Crippen LogP contribution in [0.4, 0.5) is 5.69 Å². The monoisotopic (exact) mass is 471 g/mol. The van der Waals surface area contributed by atoms with Crippen molar-refractivity contribution in [3.05, 3.63) is 42.0 Å². The number of hydrogen-bond donors (Lipinski definition) is 2. The van der Waals surface area contributed by atoms with E-state index in [1.54, 1.807) is 13.0 Å². The number of hydrogen-bond acceptors (Lipinski definition) is 7. The van der Waals surface area contributed by atoms with Crippen molar-refractivity contribution in [2.45, 2.75) is 16.7 Å². The van der Waals surface area contributed by atoms with Gasteiger partial charge in [-0.15, -0.1) is 0 Å². The molecule has 2 aromatic carbocycles. The lowest BCUT2D eigenvalue weighted by molar-refractivity contribution is -0.116. The van der Waals surface area contributed by atoms with E-state index < -0.39 is 32.5 Å². The lowest BCUT2D eigenvalue weighted by Gasteiger charge is -2.18. The molecule has 0 aliphatic rings. The van der Waals surface area contributed by atoms with E-state index in [0.717, 1.165) is 4.31 Å². The van der Waals surface area contributed by atoms with Gasteiger partial charge in [0.2, 0.25) is 26.0 Å². The number of rotatable bonds is 9. The minimum atomic E-state index is -4.00. The Kier molecular flexibility index (Phi) is 7.65. The fraction of sp³-hybridized carbons (Fsp3) is 0.316. The van der Waals surface area contributed by atoms with E-state index in [0.29, 0.717) is 11.3 Å². The quantitative estimate of drug-likeness (QED) is 0.561. The Hall–Kier alpha value is -2.67. The van der Waals surface area contributed by atoms with Crippen molar-refractivity contribution in [1.29, 1.82) is 0 Å². The van der Waals surface area contributed by atoms with Gasteiger partial charge in [-0.1, -0.05) is 6.07 Å². The summed E-state index contributed by atoms with van der Waals surface area (Å²) in [5.74, 6) is -0.0259. The Morgan fingerprint density at radius 3 is 2.16 bits per heavy atom. The maximum Gasteiger partial charge on any atom is 0.243 e. The van der Waals surface area contributed by atoms with Gasteiger partial charge in [-0.05, 0) is 43.8 Å². The minimum Gasteiger partial charge on any atom is -0.493 e. The zero-order valence-electron chi connectivity index (χ0n) is 17.8. The molecule has 0 saturated heterocycles. The summed E-state index contributed by atoms with van der Waals surface area (Å²) < 4.78 is 63.0. The second kappa shape index (κ2) is 9.64. The number of nitrogens with one attached hydrogen (secondary N) is 2. The summed E-state index contributed by atoms with van der Waals surface area (Å²) in [6.45, 7) is 1.20. The fourth-order valence-electron chi connectivity index (χ4n) is 2.65. The Labute approximate surface area is 182 Å². The van der Waals surface area contributed by atoms with Crippen LogP contribution in [0.2, 0.25) is 0 Å². The highest BCUT2D eigenvalue weighted by Crippen LogP contribution is 2.30. The van der Waals surface area contributed by atoms with E-state index in [-0.39, 0.29) is 21.2 Å². The smallest absolute Gasteiger partial charge is 0.243 e. The number of anilines is 1. The molecule has 0 fully saturated rings. The Bertz CT molecular complexity index is 1180. The molecule has 0 unspecified atom stereocenters. The maximum atomic E-state index is 12.8. The molecular formula is C19H25N3O7S2. The molecule has 31 heavy (non-hydrogen) atoms. The maximum absolute atomic E-state index is 12.8. The standard InChI is InChI=1S/C19H25N3O7S2/c1-13-6-7-14(30(24,25)20-2)10-16(13)21-19(23)12-22(3)31(26,27)15-8-9-17(28-4)18(11-15)29-5/h6-11,20H,12H2,1-5H3,(H,21,23). The molecule has 0 spiro atoms. The molecule has 0 aromatic heterocycles. The molecule has 0 bridgehead atoms. The molecule has 1 amide bonds. The van der Waals surface area contributed by atoms with Crippen molar-refractivity contribution in [3.63, 3.8) is 0 Å². The van der Waals surface area contributed by atoms with Crippen LogP contribution in [0.25, 0.3) is 0 Å². The third-order valence-electron chi connectivity index (χ3n) is 4.49. The predicted octanol–water partition coefficient (Wildman–Crippen LogP) is 1.18. The second-order valence-corrected chi connectivity index (χ2v) is 10.4. The van der Waals surface area contributed by atoms with Crippen LogP contribution < -0.4 is 19.5 Å². The van der Waals surface area contributed by atoms with Gasteiger partial charge in [-0.2, -0.15) is 4.31 Å². The van der Waals surface area contributed by atoms with E-state index in [1.807, 2.05) is 0 Å². The number of benzene rings is 2. The van der Waals surface area contributed by atoms with Crippen LogP contribution in [0, 0.1) is 6.92 Å². The van der Waals surface area contributed by atoms with Gasteiger partial charge >= 0.3 is 0 Å². The number of carbonyl (C=O) groups is 1. The van der Waals surface area contributed by atoms with E-state index >= 15 is 0 Å². The second-order valence-electron chi connectivity index (χ2n) is 6.51. The number of sulfonamides is 2. The average molecular weight is 472 g/mol. The van der Waals surface area contributed by atoms with Gasteiger partial charge in [0.05, 0.1) is 30.6 Å². The lowest BCUT2D eigenvalue weighted by atomic mass is 10.2. The van der Waals surface area contributed by atoms with Gasteiger partial charge in [0.25, 0.3) is 0 Å². The van der Waals surface area contributed by atoms with Gasteiger partial charge in [0.15, 0.2) is 11.5 Å². The molecule has 2 aromatic rings. The minimum absolute atomic E-state index is 0.0257. The van der Waals surface area contributed by atoms with Gasteiger partial charge in [-0.3, -0.25) is 4.79 Å². The molecule has 10 nitrogen and oxygen atoms in total. The first kappa shape index (κ1) is 24.6. The summed E-state index contributed by atoms with van der Waals surface area (Å²) in [5, 5.41) is 2.56. The average Bonchev–Trinajstić information content (AvgIpc) is 2.74. The number of nitrogens with zero attached hydrogens (tertiary/aromatic N) is 1. The number of ether oxygens (including phenoxy) is 2. The van der Waals surface area contributed by atoms with Gasteiger partial charge in [0.1, 0.15) is 0 Å². The Balaban J connectivity index is 2.22. The van der Waals surface area contributed by atoms with Gasteiger partial charge < -0.3 is 14.8 Å². The SMILES string of the molecule is CNS(=O)(=O)c1ccc(C)c(NC(=O)CN(C)S(=O)(=O)c2ccc(OC)c(OC)c2)c1.